The standard InChI is InChI=1S/C16H19ClFNO5/c1-4-9(2)14(16(22)23-3)19-12(20)8-24-15(21)13-10(17)6-5-7-11(13)18/h5-7,9,14H,4,8H2,1-3H3,(H,19,20)/t9-,14-/m1/s1. The van der Waals surface area contributed by atoms with Gasteiger partial charge in [-0.05, 0) is 18.1 Å². The van der Waals surface area contributed by atoms with Crippen LogP contribution in [0.25, 0.3) is 0 Å². The normalized spacial score (nSPS) is 12.9. The summed E-state index contributed by atoms with van der Waals surface area (Å²) in [5, 5.41) is 2.32. The van der Waals surface area contributed by atoms with Gasteiger partial charge in [0, 0.05) is 0 Å². The molecule has 1 N–H and O–H groups in total. The zero-order valence-corrected chi connectivity index (χ0v) is 14.4. The van der Waals surface area contributed by atoms with Gasteiger partial charge in [0.05, 0.1) is 12.1 Å². The number of rotatable bonds is 7. The van der Waals surface area contributed by atoms with E-state index in [2.05, 4.69) is 10.1 Å². The molecule has 0 aliphatic heterocycles. The molecule has 24 heavy (non-hydrogen) atoms. The van der Waals surface area contributed by atoms with Crippen LogP contribution < -0.4 is 5.32 Å². The molecule has 0 saturated carbocycles. The van der Waals surface area contributed by atoms with Crippen molar-refractivity contribution >= 4 is 29.4 Å². The van der Waals surface area contributed by atoms with Crippen LogP contribution in [0.15, 0.2) is 18.2 Å². The maximum atomic E-state index is 13.6. The van der Waals surface area contributed by atoms with Crippen molar-refractivity contribution in [2.24, 2.45) is 5.92 Å². The quantitative estimate of drug-likeness (QED) is 0.756. The molecule has 1 rings (SSSR count). The molecule has 2 atom stereocenters. The number of nitrogens with one attached hydrogen (secondary N) is 1. The Morgan fingerprint density at radius 2 is 2.00 bits per heavy atom. The summed E-state index contributed by atoms with van der Waals surface area (Å²) in [6, 6.07) is 2.87. The number of carbonyl (C=O) groups excluding carboxylic acids is 3. The highest BCUT2D eigenvalue weighted by atomic mass is 35.5. The molecule has 1 amide bonds. The first kappa shape index (κ1) is 19.9. The Hall–Kier alpha value is -2.15. The number of halogens is 2. The lowest BCUT2D eigenvalue weighted by atomic mass is 9.99. The van der Waals surface area contributed by atoms with Crippen LogP contribution in [0.1, 0.15) is 30.6 Å². The number of hydrogen-bond acceptors (Lipinski definition) is 5. The molecule has 0 unspecified atom stereocenters. The number of methoxy groups -OCH3 is 1. The van der Waals surface area contributed by atoms with Crippen LogP contribution in [-0.4, -0.2) is 37.6 Å². The third kappa shape index (κ3) is 5.19. The first-order valence-electron chi connectivity index (χ1n) is 7.30. The fourth-order valence-electron chi connectivity index (χ4n) is 1.91. The van der Waals surface area contributed by atoms with Crippen molar-refractivity contribution in [2.75, 3.05) is 13.7 Å². The Bertz CT molecular complexity index is 602. The monoisotopic (exact) mass is 359 g/mol. The minimum Gasteiger partial charge on any atom is -0.467 e. The van der Waals surface area contributed by atoms with Gasteiger partial charge in [-0.2, -0.15) is 0 Å². The maximum absolute atomic E-state index is 13.6. The molecule has 8 heteroatoms. The molecule has 6 nitrogen and oxygen atoms in total. The second-order valence-electron chi connectivity index (χ2n) is 5.13. The van der Waals surface area contributed by atoms with Crippen LogP contribution in [0.5, 0.6) is 0 Å². The molecule has 0 fully saturated rings. The number of amides is 1. The van der Waals surface area contributed by atoms with E-state index in [0.717, 1.165) is 6.07 Å². The van der Waals surface area contributed by atoms with Gasteiger partial charge < -0.3 is 14.8 Å². The third-order valence-corrected chi connectivity index (χ3v) is 3.80. The van der Waals surface area contributed by atoms with E-state index in [-0.39, 0.29) is 10.9 Å². The van der Waals surface area contributed by atoms with E-state index in [1.165, 1.54) is 19.2 Å². The average Bonchev–Trinajstić information content (AvgIpc) is 2.56. The molecule has 132 valence electrons. The molecule has 0 saturated heterocycles. The van der Waals surface area contributed by atoms with Gasteiger partial charge in [-0.3, -0.25) is 4.79 Å². The highest BCUT2D eigenvalue weighted by molar-refractivity contribution is 6.33. The van der Waals surface area contributed by atoms with Crippen LogP contribution >= 0.6 is 11.6 Å². The van der Waals surface area contributed by atoms with Crippen molar-refractivity contribution in [1.82, 2.24) is 5.32 Å². The van der Waals surface area contributed by atoms with E-state index < -0.39 is 41.9 Å². The molecule has 1 aromatic carbocycles. The third-order valence-electron chi connectivity index (χ3n) is 3.49. The Morgan fingerprint density at radius 1 is 1.33 bits per heavy atom. The summed E-state index contributed by atoms with van der Waals surface area (Å²) >= 11 is 5.74. The number of benzene rings is 1. The molecule has 0 bridgehead atoms. The van der Waals surface area contributed by atoms with Crippen molar-refractivity contribution in [3.63, 3.8) is 0 Å². The molecule has 0 aromatic heterocycles. The Morgan fingerprint density at radius 3 is 2.54 bits per heavy atom. The minimum absolute atomic E-state index is 0.118. The molecule has 0 heterocycles. The van der Waals surface area contributed by atoms with Gasteiger partial charge in [0.15, 0.2) is 6.61 Å². The molecule has 0 aliphatic carbocycles. The molecule has 0 aliphatic rings. The van der Waals surface area contributed by atoms with Crippen molar-refractivity contribution in [3.05, 3.63) is 34.6 Å². The van der Waals surface area contributed by atoms with Crippen molar-refractivity contribution in [2.45, 2.75) is 26.3 Å². The lowest BCUT2D eigenvalue weighted by Crippen LogP contribution is -2.47. The predicted octanol–water partition coefficient (Wildman–Crippen LogP) is 2.34. The van der Waals surface area contributed by atoms with E-state index in [9.17, 15) is 18.8 Å². The predicted molar refractivity (Wildman–Crippen MR) is 85.1 cm³/mol. The second kappa shape index (κ2) is 9.22. The summed E-state index contributed by atoms with van der Waals surface area (Å²) in [4.78, 5) is 35.4. The molecule has 0 spiro atoms. The minimum atomic E-state index is -1.06. The first-order valence-corrected chi connectivity index (χ1v) is 7.67. The number of hydrogen-bond donors (Lipinski definition) is 1. The summed E-state index contributed by atoms with van der Waals surface area (Å²) in [5.74, 6) is -3.38. The number of esters is 2. The van der Waals surface area contributed by atoms with E-state index in [4.69, 9.17) is 16.3 Å². The molecule has 1 aromatic rings. The molecular formula is C16H19ClFNO5. The summed E-state index contributed by atoms with van der Waals surface area (Å²) in [6.45, 7) is 2.95. The smallest absolute Gasteiger partial charge is 0.343 e. The van der Waals surface area contributed by atoms with Gasteiger partial charge in [-0.1, -0.05) is 37.9 Å². The van der Waals surface area contributed by atoms with E-state index in [1.807, 2.05) is 6.92 Å². The molecular weight excluding hydrogens is 341 g/mol. The summed E-state index contributed by atoms with van der Waals surface area (Å²) in [5.41, 5.74) is -0.446. The van der Waals surface area contributed by atoms with E-state index in [1.54, 1.807) is 6.92 Å². The largest absolute Gasteiger partial charge is 0.467 e. The van der Waals surface area contributed by atoms with E-state index >= 15 is 0 Å². The van der Waals surface area contributed by atoms with Crippen LogP contribution in [0, 0.1) is 11.7 Å². The SMILES string of the molecule is CC[C@@H](C)[C@@H](NC(=O)COC(=O)c1c(F)cccc1Cl)C(=O)OC. The van der Waals surface area contributed by atoms with E-state index in [0.29, 0.717) is 6.42 Å². The van der Waals surface area contributed by atoms with Gasteiger partial charge in [-0.25, -0.2) is 14.0 Å². The summed E-state index contributed by atoms with van der Waals surface area (Å²) in [7, 11) is 1.21. The van der Waals surface area contributed by atoms with Crippen LogP contribution in [0.3, 0.4) is 0 Å². The van der Waals surface area contributed by atoms with Crippen molar-refractivity contribution in [1.29, 1.82) is 0 Å². The van der Waals surface area contributed by atoms with Crippen LogP contribution in [0.2, 0.25) is 5.02 Å². The second-order valence-corrected chi connectivity index (χ2v) is 5.53. The first-order chi connectivity index (χ1) is 11.3. The highest BCUT2D eigenvalue weighted by Crippen LogP contribution is 2.19. The van der Waals surface area contributed by atoms with Crippen molar-refractivity contribution in [3.8, 4) is 0 Å². The Balaban J connectivity index is 2.68. The number of carbonyl (C=O) groups is 3. The zero-order valence-electron chi connectivity index (χ0n) is 13.6. The maximum Gasteiger partial charge on any atom is 0.343 e. The Labute approximate surface area is 144 Å². The fraction of sp³-hybridized carbons (Fsp3) is 0.438. The van der Waals surface area contributed by atoms with Crippen molar-refractivity contribution < 1.29 is 28.2 Å². The summed E-state index contributed by atoms with van der Waals surface area (Å²) in [6.07, 6.45) is 0.630. The number of ether oxygens (including phenoxy) is 2. The molecule has 0 radical (unpaired) electrons. The summed E-state index contributed by atoms with van der Waals surface area (Å²) < 4.78 is 23.0. The average molecular weight is 360 g/mol. The lowest BCUT2D eigenvalue weighted by Gasteiger charge is -2.21. The van der Waals surface area contributed by atoms with Gasteiger partial charge in [0.1, 0.15) is 17.4 Å². The fourth-order valence-corrected chi connectivity index (χ4v) is 2.15. The highest BCUT2D eigenvalue weighted by Gasteiger charge is 2.27. The van der Waals surface area contributed by atoms with Gasteiger partial charge in [0.2, 0.25) is 0 Å². The van der Waals surface area contributed by atoms with Crippen LogP contribution in [0.4, 0.5) is 4.39 Å². The lowest BCUT2D eigenvalue weighted by molar-refractivity contribution is -0.147. The van der Waals surface area contributed by atoms with Gasteiger partial charge in [-0.15, -0.1) is 0 Å². The van der Waals surface area contributed by atoms with Gasteiger partial charge in [0.25, 0.3) is 5.91 Å². The van der Waals surface area contributed by atoms with Crippen LogP contribution in [-0.2, 0) is 19.1 Å². The van der Waals surface area contributed by atoms with Gasteiger partial charge >= 0.3 is 11.9 Å². The Kier molecular flexibility index (Phi) is 7.64. The zero-order chi connectivity index (χ0) is 18.3. The topological polar surface area (TPSA) is 81.7 Å².